The van der Waals surface area contributed by atoms with Crippen LogP contribution in [-0.4, -0.2) is 16.8 Å². The summed E-state index contributed by atoms with van der Waals surface area (Å²) in [4.78, 5) is 9.76. The van der Waals surface area contributed by atoms with Gasteiger partial charge in [0.05, 0.1) is 0 Å². The van der Waals surface area contributed by atoms with Crippen molar-refractivity contribution in [1.82, 2.24) is 0 Å². The zero-order valence-electron chi connectivity index (χ0n) is 4.75. The molecule has 0 bridgehead atoms. The summed E-state index contributed by atoms with van der Waals surface area (Å²) in [5, 5.41) is 17.8. The Morgan fingerprint density at radius 1 is 1.78 bits per heavy atom. The maximum Gasteiger partial charge on any atom is 1.00 e. The van der Waals surface area contributed by atoms with Crippen molar-refractivity contribution < 1.29 is 61.4 Å². The van der Waals surface area contributed by atoms with Crippen LogP contribution in [0.5, 0.6) is 0 Å². The zero-order valence-corrected chi connectivity index (χ0v) is 7.87. The quantitative estimate of drug-likeness (QED) is 0.186. The number of hydrogen-bond donors (Lipinski definition) is 1. The summed E-state index contributed by atoms with van der Waals surface area (Å²) in [6.07, 6.45) is 0. The summed E-state index contributed by atoms with van der Waals surface area (Å²) < 4.78 is 0. The summed E-state index contributed by atoms with van der Waals surface area (Å²) in [5.74, 6) is -1.28. The first-order valence-corrected chi connectivity index (χ1v) is 1.60. The second-order valence-electron chi connectivity index (χ2n) is 0.890. The summed E-state index contributed by atoms with van der Waals surface area (Å²) in [5.41, 5.74) is 5.38. The number of rotatable bonds is 1. The Kier molecular flexibility index (Phi) is 8.13. The molecule has 0 saturated carbocycles. The summed E-state index contributed by atoms with van der Waals surface area (Å²) >= 11 is 0. The van der Waals surface area contributed by atoms with E-state index in [0.29, 0.717) is 0 Å². The molecule has 9 heavy (non-hydrogen) atoms. The number of oxime groups is 1. The molecule has 0 aliphatic rings. The van der Waals surface area contributed by atoms with Gasteiger partial charge in [-0.15, -0.1) is 0 Å². The average Bonchev–Trinajstić information content (AvgIpc) is 1.69. The minimum absolute atomic E-state index is 0. The predicted molar refractivity (Wildman–Crippen MR) is 24.2 cm³/mol. The van der Waals surface area contributed by atoms with E-state index in [-0.39, 0.29) is 51.4 Å². The van der Waals surface area contributed by atoms with Crippen LogP contribution in [0.4, 0.5) is 0 Å². The molecule has 0 radical (unpaired) electrons. The van der Waals surface area contributed by atoms with E-state index in [9.17, 15) is 4.79 Å². The molecule has 2 N–H and O–H groups in total. The molecule has 0 unspecified atom stereocenters. The van der Waals surface area contributed by atoms with Crippen LogP contribution >= 0.6 is 0 Å². The number of amides is 1. The van der Waals surface area contributed by atoms with E-state index in [2.05, 4.69) is 5.16 Å². The molecule has 0 rings (SSSR count). The molecule has 0 spiro atoms. The van der Waals surface area contributed by atoms with Gasteiger partial charge in [-0.1, -0.05) is 5.16 Å². The molecule has 5 nitrogen and oxygen atoms in total. The Labute approximate surface area is 93.9 Å². The molecule has 0 aliphatic carbocycles. The van der Waals surface area contributed by atoms with Crippen LogP contribution in [0.3, 0.4) is 0 Å². The van der Waals surface area contributed by atoms with Crippen LogP contribution in [0, 0.1) is 11.3 Å². The fourth-order valence-electron chi connectivity index (χ4n) is 0.119. The summed E-state index contributed by atoms with van der Waals surface area (Å²) in [6.45, 7) is 0. The van der Waals surface area contributed by atoms with Gasteiger partial charge in [0.2, 0.25) is 5.71 Å². The SMILES string of the molecule is N#CC(=NO)C([NH-])=O.[K+]. The van der Waals surface area contributed by atoms with Gasteiger partial charge in [0.25, 0.3) is 0 Å². The topological polar surface area (TPSA) is 97.2 Å². The Morgan fingerprint density at radius 2 is 2.22 bits per heavy atom. The minimum atomic E-state index is -1.28. The van der Waals surface area contributed by atoms with Crippen molar-refractivity contribution in [3.63, 3.8) is 0 Å². The second kappa shape index (κ2) is 6.19. The van der Waals surface area contributed by atoms with Gasteiger partial charge in [-0.2, -0.15) is 5.26 Å². The Balaban J connectivity index is 0. The molecule has 0 saturated heterocycles. The molecule has 6 heteroatoms. The fourth-order valence-corrected chi connectivity index (χ4v) is 0.119. The van der Waals surface area contributed by atoms with Crippen LogP contribution in [0.25, 0.3) is 5.73 Å². The number of hydrogen-bond acceptors (Lipinski definition) is 4. The van der Waals surface area contributed by atoms with Crippen molar-refractivity contribution in [3.8, 4) is 6.07 Å². The van der Waals surface area contributed by atoms with E-state index in [0.717, 1.165) is 0 Å². The van der Waals surface area contributed by atoms with E-state index in [1.54, 1.807) is 0 Å². The molecule has 1 amide bonds. The van der Waals surface area contributed by atoms with Crippen molar-refractivity contribution in [3.05, 3.63) is 5.73 Å². The van der Waals surface area contributed by atoms with E-state index in [1.807, 2.05) is 0 Å². The van der Waals surface area contributed by atoms with Gasteiger partial charge >= 0.3 is 51.4 Å². The van der Waals surface area contributed by atoms with Crippen molar-refractivity contribution in [2.45, 2.75) is 0 Å². The first kappa shape index (κ1) is 11.8. The average molecular weight is 151 g/mol. The molecule has 0 aliphatic heterocycles. The molecule has 0 aromatic rings. The number of carbonyl (C=O) groups excluding carboxylic acids is 1. The van der Waals surface area contributed by atoms with Crippen LogP contribution in [-0.2, 0) is 4.79 Å². The van der Waals surface area contributed by atoms with Crippen molar-refractivity contribution in [2.75, 3.05) is 0 Å². The van der Waals surface area contributed by atoms with Gasteiger partial charge in [-0.25, -0.2) is 0 Å². The number of nitrogens with one attached hydrogen (secondary N) is 1. The second-order valence-corrected chi connectivity index (χ2v) is 0.890. The van der Waals surface area contributed by atoms with Gasteiger partial charge in [0.15, 0.2) is 0 Å². The largest absolute Gasteiger partial charge is 1.00 e. The predicted octanol–water partition coefficient (Wildman–Crippen LogP) is -3.08. The number of nitrogens with zero attached hydrogens (tertiary/aromatic N) is 2. The summed E-state index contributed by atoms with van der Waals surface area (Å²) in [6, 6.07) is 1.21. The molecule has 0 fully saturated rings. The maximum atomic E-state index is 9.76. The monoisotopic (exact) mass is 151 g/mol. The third-order valence-corrected chi connectivity index (χ3v) is 0.421. The fraction of sp³-hybridized carbons (Fsp3) is 0. The van der Waals surface area contributed by atoms with Gasteiger partial charge in [-0.05, 0) is 0 Å². The van der Waals surface area contributed by atoms with Crippen LogP contribution in [0.1, 0.15) is 0 Å². The molecule has 42 valence electrons. The third kappa shape index (κ3) is 4.56. The Morgan fingerprint density at radius 3 is 2.22 bits per heavy atom. The van der Waals surface area contributed by atoms with Crippen molar-refractivity contribution >= 4 is 11.6 Å². The molecular formula is C3H2KN3O2. The van der Waals surface area contributed by atoms with Gasteiger partial charge in [0.1, 0.15) is 12.0 Å². The molecular weight excluding hydrogens is 149 g/mol. The van der Waals surface area contributed by atoms with Gasteiger partial charge in [0, 0.05) is 0 Å². The summed E-state index contributed by atoms with van der Waals surface area (Å²) in [7, 11) is 0. The first-order chi connectivity index (χ1) is 3.72. The molecule has 0 aromatic heterocycles. The van der Waals surface area contributed by atoms with Gasteiger partial charge < -0.3 is 15.7 Å². The zero-order chi connectivity index (χ0) is 6.57. The third-order valence-electron chi connectivity index (χ3n) is 0.421. The van der Waals surface area contributed by atoms with Crippen LogP contribution in [0.2, 0.25) is 0 Å². The van der Waals surface area contributed by atoms with E-state index >= 15 is 0 Å². The van der Waals surface area contributed by atoms with Crippen molar-refractivity contribution in [1.29, 1.82) is 5.26 Å². The van der Waals surface area contributed by atoms with E-state index < -0.39 is 11.6 Å². The smallest absolute Gasteiger partial charge is 0.661 e. The maximum absolute atomic E-state index is 9.76. The van der Waals surface area contributed by atoms with Crippen LogP contribution in [0.15, 0.2) is 5.16 Å². The Bertz CT molecular complexity index is 170. The number of carbonyl (C=O) groups is 1. The van der Waals surface area contributed by atoms with Crippen molar-refractivity contribution in [2.24, 2.45) is 5.16 Å². The number of nitriles is 1. The molecule has 0 atom stereocenters. The standard InChI is InChI=1S/C3H3N3O2.K/c4-1-2(6-8)3(5)7;/h(H3,5,7,8);/q;+1/p-1. The molecule has 0 heterocycles. The normalized spacial score (nSPS) is 9.00. The van der Waals surface area contributed by atoms with Gasteiger partial charge in [-0.3, -0.25) is 0 Å². The van der Waals surface area contributed by atoms with E-state index in [4.69, 9.17) is 16.2 Å². The minimum Gasteiger partial charge on any atom is -0.661 e. The first-order valence-electron chi connectivity index (χ1n) is 1.60. The van der Waals surface area contributed by atoms with Crippen LogP contribution < -0.4 is 51.4 Å². The van der Waals surface area contributed by atoms with E-state index in [1.165, 1.54) is 6.07 Å². The molecule has 0 aromatic carbocycles. The Hall–Kier alpha value is 0.0664.